The molecule has 0 aliphatic carbocycles. The van der Waals surface area contributed by atoms with Crippen molar-refractivity contribution in [2.75, 3.05) is 19.6 Å². The number of hydrogen-bond acceptors (Lipinski definition) is 2. The summed E-state index contributed by atoms with van der Waals surface area (Å²) in [5, 5.41) is 3.65. The van der Waals surface area contributed by atoms with Gasteiger partial charge in [-0.3, -0.25) is 4.90 Å². The lowest BCUT2D eigenvalue weighted by Gasteiger charge is -2.36. The van der Waals surface area contributed by atoms with Crippen LogP contribution < -0.4 is 5.32 Å². The minimum atomic E-state index is -0.149. The summed E-state index contributed by atoms with van der Waals surface area (Å²) >= 11 is 0. The Hall–Kier alpha value is -0.930. The predicted molar refractivity (Wildman–Crippen MR) is 86.9 cm³/mol. The molecule has 2 atom stereocenters. The molecule has 118 valence electrons. The highest BCUT2D eigenvalue weighted by Gasteiger charge is 2.22. The molecule has 1 aromatic carbocycles. The van der Waals surface area contributed by atoms with Crippen molar-refractivity contribution in [1.29, 1.82) is 0 Å². The normalized spacial score (nSPS) is 20.7. The lowest BCUT2D eigenvalue weighted by Crippen LogP contribution is -2.45. The van der Waals surface area contributed by atoms with E-state index in [9.17, 15) is 4.39 Å². The third-order valence-electron chi connectivity index (χ3n) is 4.46. The highest BCUT2D eigenvalue weighted by atomic mass is 19.1. The molecule has 2 nitrogen and oxygen atoms in total. The van der Waals surface area contributed by atoms with E-state index in [4.69, 9.17) is 0 Å². The predicted octanol–water partition coefficient (Wildman–Crippen LogP) is 4.13. The molecule has 1 saturated heterocycles. The molecule has 0 bridgehead atoms. The van der Waals surface area contributed by atoms with Crippen LogP contribution >= 0.6 is 0 Å². The second-order valence-corrected chi connectivity index (χ2v) is 6.12. The van der Waals surface area contributed by atoms with E-state index in [1.807, 2.05) is 12.1 Å². The van der Waals surface area contributed by atoms with Crippen LogP contribution in [0.4, 0.5) is 4.39 Å². The molecule has 1 fully saturated rings. The maximum Gasteiger partial charge on any atom is 0.123 e. The number of hydrogen-bond donors (Lipinski definition) is 1. The fourth-order valence-corrected chi connectivity index (χ4v) is 3.41. The average molecular weight is 292 g/mol. The van der Waals surface area contributed by atoms with Crippen molar-refractivity contribution in [1.82, 2.24) is 10.2 Å². The zero-order chi connectivity index (χ0) is 15.1. The van der Waals surface area contributed by atoms with Crippen LogP contribution in [0.2, 0.25) is 0 Å². The molecular weight excluding hydrogens is 263 g/mol. The van der Waals surface area contributed by atoms with Gasteiger partial charge in [-0.25, -0.2) is 4.39 Å². The maximum absolute atomic E-state index is 13.2. The summed E-state index contributed by atoms with van der Waals surface area (Å²) in [5.74, 6) is -0.149. The number of rotatable bonds is 7. The summed E-state index contributed by atoms with van der Waals surface area (Å²) in [6, 6.07) is 8.07. The monoisotopic (exact) mass is 292 g/mol. The Balaban J connectivity index is 2.07. The summed E-state index contributed by atoms with van der Waals surface area (Å²) in [4.78, 5) is 2.58. The van der Waals surface area contributed by atoms with Crippen LogP contribution in [0.1, 0.15) is 57.6 Å². The standard InChI is InChI=1S/C18H29FN2/c1-3-13-21(14-17-7-5-6-12-20-17)18(4-2)15-8-10-16(19)11-9-15/h8-11,17-18,20H,3-7,12-14H2,1-2H3. The van der Waals surface area contributed by atoms with Crippen LogP contribution in [0.5, 0.6) is 0 Å². The molecule has 1 aromatic rings. The van der Waals surface area contributed by atoms with E-state index in [-0.39, 0.29) is 5.82 Å². The van der Waals surface area contributed by atoms with Crippen molar-refractivity contribution >= 4 is 0 Å². The lowest BCUT2D eigenvalue weighted by molar-refractivity contribution is 0.161. The van der Waals surface area contributed by atoms with E-state index < -0.39 is 0 Å². The molecule has 1 N–H and O–H groups in total. The van der Waals surface area contributed by atoms with E-state index >= 15 is 0 Å². The Bertz CT molecular complexity index is 398. The van der Waals surface area contributed by atoms with Gasteiger partial charge < -0.3 is 5.32 Å². The first kappa shape index (κ1) is 16.4. The molecule has 0 radical (unpaired) electrons. The van der Waals surface area contributed by atoms with Gasteiger partial charge in [-0.2, -0.15) is 0 Å². The molecule has 2 rings (SSSR count). The van der Waals surface area contributed by atoms with Crippen LogP contribution in [0.15, 0.2) is 24.3 Å². The SMILES string of the molecule is CCCN(CC1CCCCN1)C(CC)c1ccc(F)cc1. The van der Waals surface area contributed by atoms with Gasteiger partial charge in [-0.05, 0) is 56.5 Å². The molecule has 0 aromatic heterocycles. The van der Waals surface area contributed by atoms with E-state index in [1.54, 1.807) is 12.1 Å². The van der Waals surface area contributed by atoms with E-state index in [2.05, 4.69) is 24.1 Å². The van der Waals surface area contributed by atoms with Crippen molar-refractivity contribution < 1.29 is 4.39 Å². The fraction of sp³-hybridized carbons (Fsp3) is 0.667. The van der Waals surface area contributed by atoms with E-state index in [0.717, 1.165) is 32.5 Å². The minimum Gasteiger partial charge on any atom is -0.313 e. The quantitative estimate of drug-likeness (QED) is 0.813. The van der Waals surface area contributed by atoms with Gasteiger partial charge in [0.2, 0.25) is 0 Å². The number of piperidine rings is 1. The molecule has 1 aliphatic rings. The van der Waals surface area contributed by atoms with Crippen LogP contribution in [0.3, 0.4) is 0 Å². The van der Waals surface area contributed by atoms with Crippen molar-refractivity contribution in [2.24, 2.45) is 0 Å². The molecule has 0 spiro atoms. The van der Waals surface area contributed by atoms with E-state index in [1.165, 1.54) is 24.8 Å². The molecule has 0 amide bonds. The first-order chi connectivity index (χ1) is 10.2. The average Bonchev–Trinajstić information content (AvgIpc) is 2.51. The second kappa shape index (κ2) is 8.50. The highest BCUT2D eigenvalue weighted by Crippen LogP contribution is 2.25. The Kier molecular flexibility index (Phi) is 6.65. The van der Waals surface area contributed by atoms with Gasteiger partial charge in [-0.1, -0.05) is 32.4 Å². The zero-order valence-electron chi connectivity index (χ0n) is 13.4. The number of nitrogens with one attached hydrogen (secondary N) is 1. The summed E-state index contributed by atoms with van der Waals surface area (Å²) in [7, 11) is 0. The molecule has 3 heteroatoms. The first-order valence-electron chi connectivity index (χ1n) is 8.47. The first-order valence-corrected chi connectivity index (χ1v) is 8.47. The van der Waals surface area contributed by atoms with Gasteiger partial charge in [0.25, 0.3) is 0 Å². The summed E-state index contributed by atoms with van der Waals surface area (Å²) in [5.41, 5.74) is 1.24. The molecule has 21 heavy (non-hydrogen) atoms. The van der Waals surface area contributed by atoms with Gasteiger partial charge >= 0.3 is 0 Å². The van der Waals surface area contributed by atoms with Crippen molar-refractivity contribution in [2.45, 2.75) is 58.0 Å². The number of benzene rings is 1. The zero-order valence-corrected chi connectivity index (χ0v) is 13.4. The van der Waals surface area contributed by atoms with Crippen LogP contribution in [-0.2, 0) is 0 Å². The summed E-state index contributed by atoms with van der Waals surface area (Å²) < 4.78 is 13.2. The Morgan fingerprint density at radius 2 is 2.00 bits per heavy atom. The van der Waals surface area contributed by atoms with Crippen molar-refractivity contribution in [3.8, 4) is 0 Å². The van der Waals surface area contributed by atoms with Crippen LogP contribution in [0.25, 0.3) is 0 Å². The Labute approximate surface area is 128 Å². The van der Waals surface area contributed by atoms with Gasteiger partial charge in [0.15, 0.2) is 0 Å². The lowest BCUT2D eigenvalue weighted by atomic mass is 9.99. The van der Waals surface area contributed by atoms with Gasteiger partial charge in [-0.15, -0.1) is 0 Å². The smallest absolute Gasteiger partial charge is 0.123 e. The largest absolute Gasteiger partial charge is 0.313 e. The van der Waals surface area contributed by atoms with Crippen molar-refractivity contribution in [3.05, 3.63) is 35.6 Å². The highest BCUT2D eigenvalue weighted by molar-refractivity contribution is 5.20. The number of halogens is 1. The Morgan fingerprint density at radius 3 is 2.57 bits per heavy atom. The van der Waals surface area contributed by atoms with Crippen molar-refractivity contribution in [3.63, 3.8) is 0 Å². The summed E-state index contributed by atoms with van der Waals surface area (Å²) in [6.45, 7) is 7.82. The molecule has 2 unspecified atom stereocenters. The topological polar surface area (TPSA) is 15.3 Å². The molecular formula is C18H29FN2. The van der Waals surface area contributed by atoms with Gasteiger partial charge in [0.1, 0.15) is 5.82 Å². The molecule has 0 saturated carbocycles. The third-order valence-corrected chi connectivity index (χ3v) is 4.46. The Morgan fingerprint density at radius 1 is 1.24 bits per heavy atom. The fourth-order valence-electron chi connectivity index (χ4n) is 3.41. The summed E-state index contributed by atoms with van der Waals surface area (Å²) in [6.07, 6.45) is 6.15. The third kappa shape index (κ3) is 4.79. The molecule has 1 aliphatic heterocycles. The molecule has 1 heterocycles. The minimum absolute atomic E-state index is 0.149. The number of nitrogens with zero attached hydrogens (tertiary/aromatic N) is 1. The van der Waals surface area contributed by atoms with Gasteiger partial charge in [0, 0.05) is 18.6 Å². The van der Waals surface area contributed by atoms with Gasteiger partial charge in [0.05, 0.1) is 0 Å². The van der Waals surface area contributed by atoms with Crippen LogP contribution in [0, 0.1) is 5.82 Å². The van der Waals surface area contributed by atoms with Crippen LogP contribution in [-0.4, -0.2) is 30.6 Å². The second-order valence-electron chi connectivity index (χ2n) is 6.12. The van der Waals surface area contributed by atoms with E-state index in [0.29, 0.717) is 12.1 Å². The maximum atomic E-state index is 13.2.